The molecule has 0 aromatic carbocycles. The summed E-state index contributed by atoms with van der Waals surface area (Å²) in [6.07, 6.45) is 3.15. The number of amides is 1. The first-order valence-electron chi connectivity index (χ1n) is 4.85. The molecule has 1 aliphatic heterocycles. The van der Waals surface area contributed by atoms with Crippen LogP contribution < -0.4 is 5.32 Å². The number of nitrogens with one attached hydrogen (secondary N) is 1. The van der Waals surface area contributed by atoms with E-state index in [-0.39, 0.29) is 12.2 Å². The third kappa shape index (κ3) is 5.47. The van der Waals surface area contributed by atoms with E-state index in [4.69, 9.17) is 9.47 Å². The number of carbonyl (C=O) groups excluding carboxylic acids is 1. The highest BCUT2D eigenvalue weighted by molar-refractivity contribution is 5.67. The van der Waals surface area contributed by atoms with E-state index in [2.05, 4.69) is 12.2 Å². The molecule has 1 fully saturated rings. The quantitative estimate of drug-likeness (QED) is 0.503. The molecule has 1 saturated heterocycles. The molecule has 0 aromatic heterocycles. The van der Waals surface area contributed by atoms with Crippen molar-refractivity contribution in [3.05, 3.63) is 0 Å². The van der Waals surface area contributed by atoms with Gasteiger partial charge in [0.2, 0.25) is 0 Å². The maximum absolute atomic E-state index is 10.9. The summed E-state index contributed by atoms with van der Waals surface area (Å²) in [6, 6.07) is 0. The van der Waals surface area contributed by atoms with Crippen molar-refractivity contribution in [1.29, 1.82) is 0 Å². The zero-order valence-corrected chi connectivity index (χ0v) is 8.04. The highest BCUT2D eigenvalue weighted by Crippen LogP contribution is 2.08. The molecule has 0 saturated carbocycles. The van der Waals surface area contributed by atoms with Crippen molar-refractivity contribution in [2.24, 2.45) is 0 Å². The first kappa shape index (κ1) is 10.3. The predicted octanol–water partition coefficient (Wildman–Crippen LogP) is 1.30. The van der Waals surface area contributed by atoms with Crippen molar-refractivity contribution in [3.63, 3.8) is 0 Å². The number of epoxide rings is 1. The Morgan fingerprint density at radius 3 is 3.00 bits per heavy atom. The van der Waals surface area contributed by atoms with Gasteiger partial charge in [-0.15, -0.1) is 0 Å². The van der Waals surface area contributed by atoms with Crippen LogP contribution in [0.2, 0.25) is 0 Å². The van der Waals surface area contributed by atoms with Gasteiger partial charge in [-0.2, -0.15) is 0 Å². The zero-order valence-electron chi connectivity index (χ0n) is 8.04. The third-order valence-corrected chi connectivity index (χ3v) is 1.85. The summed E-state index contributed by atoms with van der Waals surface area (Å²) in [5.41, 5.74) is 0. The Bertz CT molecular complexity index is 157. The lowest BCUT2D eigenvalue weighted by Crippen LogP contribution is -2.26. The molecule has 1 amide bonds. The van der Waals surface area contributed by atoms with Gasteiger partial charge < -0.3 is 14.8 Å². The summed E-state index contributed by atoms with van der Waals surface area (Å²) in [6.45, 7) is 3.95. The minimum Gasteiger partial charge on any atom is -0.447 e. The maximum atomic E-state index is 10.9. The summed E-state index contributed by atoms with van der Waals surface area (Å²) in [5, 5.41) is 2.68. The van der Waals surface area contributed by atoms with Crippen molar-refractivity contribution in [2.75, 3.05) is 19.8 Å². The first-order chi connectivity index (χ1) is 6.33. The van der Waals surface area contributed by atoms with Crippen molar-refractivity contribution in [1.82, 2.24) is 5.32 Å². The van der Waals surface area contributed by atoms with Gasteiger partial charge in [0.25, 0.3) is 0 Å². The smallest absolute Gasteiger partial charge is 0.407 e. The van der Waals surface area contributed by atoms with Crippen molar-refractivity contribution in [3.8, 4) is 0 Å². The second-order valence-corrected chi connectivity index (χ2v) is 3.19. The van der Waals surface area contributed by atoms with Crippen LogP contribution in [-0.2, 0) is 9.47 Å². The van der Waals surface area contributed by atoms with Gasteiger partial charge >= 0.3 is 6.09 Å². The van der Waals surface area contributed by atoms with Crippen LogP contribution in [0.4, 0.5) is 4.79 Å². The van der Waals surface area contributed by atoms with Crippen LogP contribution in [0, 0.1) is 0 Å². The Balaban J connectivity index is 1.84. The highest BCUT2D eigenvalue weighted by atomic mass is 16.6. The van der Waals surface area contributed by atoms with Gasteiger partial charge in [-0.3, -0.25) is 0 Å². The van der Waals surface area contributed by atoms with E-state index < -0.39 is 0 Å². The summed E-state index contributed by atoms with van der Waals surface area (Å²) >= 11 is 0. The molecule has 1 N–H and O–H groups in total. The Morgan fingerprint density at radius 1 is 1.62 bits per heavy atom. The highest BCUT2D eigenvalue weighted by Gasteiger charge is 2.23. The summed E-state index contributed by atoms with van der Waals surface area (Å²) in [7, 11) is 0. The van der Waals surface area contributed by atoms with E-state index in [0.29, 0.717) is 13.2 Å². The van der Waals surface area contributed by atoms with Crippen LogP contribution in [0.25, 0.3) is 0 Å². The van der Waals surface area contributed by atoms with Gasteiger partial charge in [-0.05, 0) is 6.42 Å². The minimum atomic E-state index is -0.327. The third-order valence-electron chi connectivity index (χ3n) is 1.85. The molecular formula is C9H17NO3. The van der Waals surface area contributed by atoms with Gasteiger partial charge in [0, 0.05) is 6.54 Å². The van der Waals surface area contributed by atoms with Crippen molar-refractivity contribution >= 4 is 6.09 Å². The average Bonchev–Trinajstić information content (AvgIpc) is 2.92. The lowest BCUT2D eigenvalue weighted by Gasteiger charge is -2.04. The van der Waals surface area contributed by atoms with E-state index in [1.165, 1.54) is 0 Å². The predicted molar refractivity (Wildman–Crippen MR) is 48.6 cm³/mol. The van der Waals surface area contributed by atoms with Gasteiger partial charge in [0.15, 0.2) is 0 Å². The molecule has 4 nitrogen and oxygen atoms in total. The first-order valence-corrected chi connectivity index (χ1v) is 4.85. The number of alkyl carbamates (subject to hydrolysis) is 1. The molecule has 0 aliphatic carbocycles. The monoisotopic (exact) mass is 187 g/mol. The maximum Gasteiger partial charge on any atom is 0.407 e. The number of unbranched alkanes of at least 4 members (excludes halogenated alkanes) is 2. The Labute approximate surface area is 78.6 Å². The molecule has 1 heterocycles. The van der Waals surface area contributed by atoms with Crippen molar-refractivity contribution in [2.45, 2.75) is 32.3 Å². The van der Waals surface area contributed by atoms with Crippen LogP contribution in [0.3, 0.4) is 0 Å². The Hall–Kier alpha value is -0.770. The normalized spacial score (nSPS) is 19.6. The summed E-state index contributed by atoms with van der Waals surface area (Å²) in [5.74, 6) is 0. The molecule has 76 valence electrons. The van der Waals surface area contributed by atoms with E-state index >= 15 is 0 Å². The lowest BCUT2D eigenvalue weighted by atomic mass is 10.2. The van der Waals surface area contributed by atoms with Crippen LogP contribution in [0.15, 0.2) is 0 Å². The average molecular weight is 187 g/mol. The lowest BCUT2D eigenvalue weighted by molar-refractivity contribution is 0.136. The topological polar surface area (TPSA) is 50.9 Å². The molecular weight excluding hydrogens is 170 g/mol. The molecule has 1 atom stereocenters. The van der Waals surface area contributed by atoms with Gasteiger partial charge in [0.05, 0.1) is 6.61 Å². The molecule has 0 radical (unpaired) electrons. The fourth-order valence-corrected chi connectivity index (χ4v) is 0.949. The van der Waals surface area contributed by atoms with E-state index in [9.17, 15) is 4.79 Å². The van der Waals surface area contributed by atoms with E-state index in [1.54, 1.807) is 0 Å². The number of carbonyl (C=O) groups is 1. The van der Waals surface area contributed by atoms with Crippen LogP contribution in [0.1, 0.15) is 26.2 Å². The molecule has 1 aliphatic rings. The number of hydrogen-bond acceptors (Lipinski definition) is 3. The summed E-state index contributed by atoms with van der Waals surface area (Å²) in [4.78, 5) is 10.9. The molecule has 0 spiro atoms. The summed E-state index contributed by atoms with van der Waals surface area (Å²) < 4.78 is 9.77. The molecule has 0 unspecified atom stereocenters. The van der Waals surface area contributed by atoms with Crippen LogP contribution in [0.5, 0.6) is 0 Å². The van der Waals surface area contributed by atoms with Crippen LogP contribution >= 0.6 is 0 Å². The molecule has 0 bridgehead atoms. The van der Waals surface area contributed by atoms with Crippen molar-refractivity contribution < 1.29 is 14.3 Å². The van der Waals surface area contributed by atoms with Gasteiger partial charge in [-0.1, -0.05) is 19.8 Å². The number of ether oxygens (including phenoxy) is 2. The van der Waals surface area contributed by atoms with Gasteiger partial charge in [-0.25, -0.2) is 4.79 Å². The van der Waals surface area contributed by atoms with E-state index in [0.717, 1.165) is 25.9 Å². The zero-order chi connectivity index (χ0) is 9.52. The number of hydrogen-bond donors (Lipinski definition) is 1. The minimum absolute atomic E-state index is 0.154. The van der Waals surface area contributed by atoms with Crippen LogP contribution in [-0.4, -0.2) is 32.0 Å². The fourth-order valence-electron chi connectivity index (χ4n) is 0.949. The second-order valence-electron chi connectivity index (χ2n) is 3.19. The largest absolute Gasteiger partial charge is 0.447 e. The van der Waals surface area contributed by atoms with Gasteiger partial charge in [0.1, 0.15) is 12.7 Å². The molecule has 13 heavy (non-hydrogen) atoms. The number of rotatable bonds is 6. The van der Waals surface area contributed by atoms with E-state index in [1.807, 2.05) is 0 Å². The molecule has 0 aromatic rings. The molecule has 1 rings (SSSR count). The SMILES string of the molecule is CCCCCNC(=O)OC[C@H]1CO1. The Kier molecular flexibility index (Phi) is 4.60. The standard InChI is InChI=1S/C9H17NO3/c1-2-3-4-5-10-9(11)13-7-8-6-12-8/h8H,2-7H2,1H3,(H,10,11)/t8-/m1/s1. The molecule has 4 heteroatoms. The fraction of sp³-hybridized carbons (Fsp3) is 0.889. The second kappa shape index (κ2) is 5.80. The Morgan fingerprint density at radius 2 is 2.38 bits per heavy atom.